The molecular formula is C21H36N2O2. The van der Waals surface area contributed by atoms with Crippen LogP contribution in [0.4, 0.5) is 5.69 Å². The molecule has 0 atom stereocenters. The number of anilines is 1. The van der Waals surface area contributed by atoms with Gasteiger partial charge in [0.05, 0.1) is 19.9 Å². The molecule has 1 saturated carbocycles. The van der Waals surface area contributed by atoms with Crippen LogP contribution in [0, 0.1) is 16.7 Å². The second kappa shape index (κ2) is 7.84. The molecule has 1 aromatic rings. The normalized spacial score (nSPS) is 21.7. The lowest BCUT2D eigenvalue weighted by Crippen LogP contribution is -2.35. The Morgan fingerprint density at radius 3 is 2.20 bits per heavy atom. The number of pyridine rings is 1. The molecule has 1 fully saturated rings. The summed E-state index contributed by atoms with van der Waals surface area (Å²) in [5.74, 6) is 2.03. The Balaban J connectivity index is 1.97. The van der Waals surface area contributed by atoms with Crippen molar-refractivity contribution in [1.82, 2.24) is 4.98 Å². The van der Waals surface area contributed by atoms with E-state index in [2.05, 4.69) is 44.9 Å². The summed E-state index contributed by atoms with van der Waals surface area (Å²) in [6.07, 6.45) is 8.01. The zero-order valence-corrected chi connectivity index (χ0v) is 17.1. The summed E-state index contributed by atoms with van der Waals surface area (Å²) in [6.45, 7) is 12.0. The van der Waals surface area contributed by atoms with Gasteiger partial charge >= 0.3 is 0 Å². The summed E-state index contributed by atoms with van der Waals surface area (Å²) in [7, 11) is 3.29. The largest absolute Gasteiger partial charge is 0.490 e. The van der Waals surface area contributed by atoms with Gasteiger partial charge in [-0.05, 0) is 54.9 Å². The number of methoxy groups -OCH3 is 2. The number of ether oxygens (including phenoxy) is 2. The van der Waals surface area contributed by atoms with E-state index in [1.807, 2.05) is 6.07 Å². The van der Waals surface area contributed by atoms with E-state index in [1.165, 1.54) is 32.1 Å². The fourth-order valence-electron chi connectivity index (χ4n) is 4.64. The molecular weight excluding hydrogens is 312 g/mol. The molecule has 0 unspecified atom stereocenters. The SMILES string of the molecule is COc1nccc(NC2CCC(C(C)(C)CC(C)(C)C)CC2)c1OC. The predicted molar refractivity (Wildman–Crippen MR) is 105 cm³/mol. The molecule has 0 radical (unpaired) electrons. The second-order valence-corrected chi connectivity index (χ2v) is 9.32. The highest BCUT2D eigenvalue weighted by Crippen LogP contribution is 2.45. The fraction of sp³-hybridized carbons (Fsp3) is 0.762. The van der Waals surface area contributed by atoms with Gasteiger partial charge in [0.15, 0.2) is 0 Å². The number of hydrogen-bond donors (Lipinski definition) is 1. The molecule has 1 N–H and O–H groups in total. The van der Waals surface area contributed by atoms with Crippen LogP contribution >= 0.6 is 0 Å². The Hall–Kier alpha value is -1.45. The minimum Gasteiger partial charge on any atom is -0.490 e. The van der Waals surface area contributed by atoms with Gasteiger partial charge in [0.2, 0.25) is 5.75 Å². The van der Waals surface area contributed by atoms with Crippen molar-refractivity contribution in [3.8, 4) is 11.6 Å². The number of nitrogens with one attached hydrogen (secondary N) is 1. The molecule has 1 heterocycles. The summed E-state index contributed by atoms with van der Waals surface area (Å²) < 4.78 is 10.8. The van der Waals surface area contributed by atoms with Crippen LogP contribution in [0.5, 0.6) is 11.6 Å². The molecule has 0 saturated heterocycles. The van der Waals surface area contributed by atoms with E-state index in [1.54, 1.807) is 20.4 Å². The van der Waals surface area contributed by atoms with Crippen molar-refractivity contribution in [2.45, 2.75) is 72.8 Å². The van der Waals surface area contributed by atoms with Crippen molar-refractivity contribution < 1.29 is 9.47 Å². The third kappa shape index (κ3) is 5.26. The second-order valence-electron chi connectivity index (χ2n) is 9.32. The number of hydrogen-bond acceptors (Lipinski definition) is 4. The molecule has 25 heavy (non-hydrogen) atoms. The molecule has 1 aliphatic rings. The first kappa shape index (κ1) is 19.9. The Morgan fingerprint density at radius 1 is 1.04 bits per heavy atom. The molecule has 0 spiro atoms. The highest BCUT2D eigenvalue weighted by molar-refractivity contribution is 5.60. The molecule has 1 aromatic heterocycles. The van der Waals surface area contributed by atoms with Crippen LogP contribution in [-0.4, -0.2) is 25.2 Å². The number of rotatable bonds is 6. The van der Waals surface area contributed by atoms with Gasteiger partial charge in [0, 0.05) is 12.2 Å². The van der Waals surface area contributed by atoms with E-state index in [-0.39, 0.29) is 0 Å². The third-order valence-corrected chi connectivity index (χ3v) is 5.45. The van der Waals surface area contributed by atoms with E-state index < -0.39 is 0 Å². The van der Waals surface area contributed by atoms with Crippen LogP contribution in [0.3, 0.4) is 0 Å². The minimum atomic E-state index is 0.388. The van der Waals surface area contributed by atoms with E-state index in [0.29, 0.717) is 28.5 Å². The highest BCUT2D eigenvalue weighted by Gasteiger charge is 2.36. The first-order valence-electron chi connectivity index (χ1n) is 9.50. The Kier molecular flexibility index (Phi) is 6.23. The van der Waals surface area contributed by atoms with Gasteiger partial charge in [0.25, 0.3) is 5.88 Å². The smallest absolute Gasteiger partial charge is 0.258 e. The molecule has 1 aliphatic carbocycles. The van der Waals surface area contributed by atoms with Crippen LogP contribution in [0.15, 0.2) is 12.3 Å². The van der Waals surface area contributed by atoms with Gasteiger partial charge in [-0.15, -0.1) is 0 Å². The molecule has 0 aromatic carbocycles. The topological polar surface area (TPSA) is 43.4 Å². The molecule has 0 aliphatic heterocycles. The lowest BCUT2D eigenvalue weighted by atomic mass is 9.64. The predicted octanol–water partition coefficient (Wildman–Crippen LogP) is 5.53. The number of nitrogens with zero attached hydrogens (tertiary/aromatic N) is 1. The van der Waals surface area contributed by atoms with Crippen LogP contribution in [-0.2, 0) is 0 Å². The zero-order valence-electron chi connectivity index (χ0n) is 17.1. The van der Waals surface area contributed by atoms with E-state index in [0.717, 1.165) is 11.6 Å². The van der Waals surface area contributed by atoms with E-state index in [4.69, 9.17) is 9.47 Å². The van der Waals surface area contributed by atoms with Crippen molar-refractivity contribution >= 4 is 5.69 Å². The molecule has 4 nitrogen and oxygen atoms in total. The van der Waals surface area contributed by atoms with Gasteiger partial charge < -0.3 is 14.8 Å². The standard InChI is InChI=1S/C21H36N2O2/c1-20(2,3)14-21(4,5)15-8-10-16(11-9-15)23-17-12-13-22-19(25-7)18(17)24-6/h12-13,15-16H,8-11,14H2,1-7H3,(H,22,23). The van der Waals surface area contributed by atoms with Crippen molar-refractivity contribution in [3.05, 3.63) is 12.3 Å². The third-order valence-electron chi connectivity index (χ3n) is 5.45. The van der Waals surface area contributed by atoms with Crippen molar-refractivity contribution in [2.24, 2.45) is 16.7 Å². The Labute approximate surface area is 153 Å². The Bertz CT molecular complexity index is 556. The van der Waals surface area contributed by atoms with Gasteiger partial charge in [-0.25, -0.2) is 4.98 Å². The Morgan fingerprint density at radius 2 is 1.68 bits per heavy atom. The monoisotopic (exact) mass is 348 g/mol. The van der Waals surface area contributed by atoms with E-state index in [9.17, 15) is 0 Å². The van der Waals surface area contributed by atoms with Crippen LogP contribution in [0.25, 0.3) is 0 Å². The summed E-state index contributed by atoms with van der Waals surface area (Å²) in [5, 5.41) is 3.65. The first-order chi connectivity index (χ1) is 11.7. The molecule has 0 amide bonds. The maximum Gasteiger partial charge on any atom is 0.258 e. The van der Waals surface area contributed by atoms with E-state index >= 15 is 0 Å². The van der Waals surface area contributed by atoms with Gasteiger partial charge in [-0.3, -0.25) is 0 Å². The maximum absolute atomic E-state index is 5.49. The molecule has 0 bridgehead atoms. The van der Waals surface area contributed by atoms with Crippen LogP contribution < -0.4 is 14.8 Å². The quantitative estimate of drug-likeness (QED) is 0.734. The van der Waals surface area contributed by atoms with Gasteiger partial charge in [-0.2, -0.15) is 0 Å². The van der Waals surface area contributed by atoms with Crippen molar-refractivity contribution in [1.29, 1.82) is 0 Å². The summed E-state index contributed by atoms with van der Waals surface area (Å²) in [5.41, 5.74) is 1.77. The summed E-state index contributed by atoms with van der Waals surface area (Å²) in [4.78, 5) is 4.21. The molecule has 142 valence electrons. The van der Waals surface area contributed by atoms with Crippen LogP contribution in [0.2, 0.25) is 0 Å². The first-order valence-corrected chi connectivity index (χ1v) is 9.50. The number of aromatic nitrogens is 1. The molecule has 4 heteroatoms. The zero-order chi connectivity index (χ0) is 18.7. The fourth-order valence-corrected chi connectivity index (χ4v) is 4.64. The summed E-state index contributed by atoms with van der Waals surface area (Å²) in [6, 6.07) is 2.46. The van der Waals surface area contributed by atoms with Crippen LogP contribution in [0.1, 0.15) is 66.7 Å². The van der Waals surface area contributed by atoms with Gasteiger partial charge in [0.1, 0.15) is 0 Å². The lowest BCUT2D eigenvalue weighted by molar-refractivity contribution is 0.0968. The lowest BCUT2D eigenvalue weighted by Gasteiger charge is -2.43. The highest BCUT2D eigenvalue weighted by atomic mass is 16.5. The van der Waals surface area contributed by atoms with Crippen molar-refractivity contribution in [3.63, 3.8) is 0 Å². The average Bonchev–Trinajstić information content (AvgIpc) is 2.53. The molecule has 2 rings (SSSR count). The average molecular weight is 349 g/mol. The van der Waals surface area contributed by atoms with Gasteiger partial charge in [-0.1, -0.05) is 34.6 Å². The van der Waals surface area contributed by atoms with Crippen molar-refractivity contribution in [2.75, 3.05) is 19.5 Å². The maximum atomic E-state index is 5.49. The minimum absolute atomic E-state index is 0.388. The summed E-state index contributed by atoms with van der Waals surface area (Å²) >= 11 is 0.